The Bertz CT molecular complexity index is 426. The van der Waals surface area contributed by atoms with Gasteiger partial charge >= 0.3 is 5.97 Å². The van der Waals surface area contributed by atoms with Gasteiger partial charge in [-0.2, -0.15) is 0 Å². The van der Waals surface area contributed by atoms with E-state index in [1.165, 1.54) is 29.5 Å². The summed E-state index contributed by atoms with van der Waals surface area (Å²) in [6, 6.07) is 6.39. The zero-order valence-corrected chi connectivity index (χ0v) is 12.7. The highest BCUT2D eigenvalue weighted by molar-refractivity contribution is 5.66. The molecule has 0 aliphatic carbocycles. The van der Waals surface area contributed by atoms with Crippen molar-refractivity contribution in [2.45, 2.75) is 58.8 Å². The number of carboxylic acids is 1. The lowest BCUT2D eigenvalue weighted by Crippen LogP contribution is -1.93. The maximum Gasteiger partial charge on any atom is 0.303 e. The van der Waals surface area contributed by atoms with E-state index >= 15 is 0 Å². The third-order valence-corrected chi connectivity index (χ3v) is 3.59. The molecule has 20 heavy (non-hydrogen) atoms. The predicted molar refractivity (Wildman–Crippen MR) is 84.9 cm³/mol. The number of benzene rings is 1. The molecule has 0 spiro atoms. The molecule has 1 aromatic rings. The number of aliphatic carboxylic acids is 1. The second-order valence-corrected chi connectivity index (χ2v) is 5.41. The Morgan fingerprint density at radius 3 is 2.30 bits per heavy atom. The van der Waals surface area contributed by atoms with Crippen LogP contribution in [0.1, 0.15) is 61.6 Å². The van der Waals surface area contributed by atoms with E-state index in [9.17, 15) is 4.79 Å². The second kappa shape index (κ2) is 9.35. The molecule has 0 fully saturated rings. The van der Waals surface area contributed by atoms with Gasteiger partial charge in [-0.25, -0.2) is 0 Å². The van der Waals surface area contributed by atoms with Crippen LogP contribution in [-0.4, -0.2) is 11.1 Å². The molecule has 0 aliphatic heterocycles. The molecule has 0 saturated heterocycles. The molecular weight excluding hydrogens is 248 g/mol. The van der Waals surface area contributed by atoms with E-state index in [-0.39, 0.29) is 0 Å². The molecule has 1 rings (SSSR count). The fourth-order valence-electron chi connectivity index (χ4n) is 2.36. The molecule has 0 amide bonds. The van der Waals surface area contributed by atoms with E-state index in [0.29, 0.717) is 6.42 Å². The van der Waals surface area contributed by atoms with Crippen LogP contribution in [0.5, 0.6) is 0 Å². The standard InChI is InChI=1S/C18H26O2/c1-15-11-10-12-16(2)17(15)13-8-6-4-3-5-7-9-14-18(19)20/h8,10-13H,3-7,9,14H2,1-2H3,(H,19,20). The minimum atomic E-state index is -0.679. The van der Waals surface area contributed by atoms with Crippen LogP contribution in [0.3, 0.4) is 0 Å². The number of hydrogen-bond acceptors (Lipinski definition) is 1. The van der Waals surface area contributed by atoms with Gasteiger partial charge in [-0.3, -0.25) is 4.79 Å². The van der Waals surface area contributed by atoms with E-state index in [0.717, 1.165) is 25.7 Å². The first-order valence-corrected chi connectivity index (χ1v) is 7.56. The van der Waals surface area contributed by atoms with Crippen LogP contribution >= 0.6 is 0 Å². The average molecular weight is 274 g/mol. The molecule has 0 aromatic heterocycles. The van der Waals surface area contributed by atoms with Gasteiger partial charge in [0.1, 0.15) is 0 Å². The van der Waals surface area contributed by atoms with Crippen LogP contribution in [0.25, 0.3) is 6.08 Å². The van der Waals surface area contributed by atoms with Crippen molar-refractivity contribution in [3.05, 3.63) is 41.0 Å². The number of aryl methyl sites for hydroxylation is 2. The van der Waals surface area contributed by atoms with Crippen LogP contribution in [0.4, 0.5) is 0 Å². The zero-order chi connectivity index (χ0) is 14.8. The number of hydrogen-bond donors (Lipinski definition) is 1. The van der Waals surface area contributed by atoms with Gasteiger partial charge < -0.3 is 5.11 Å². The van der Waals surface area contributed by atoms with Crippen LogP contribution < -0.4 is 0 Å². The largest absolute Gasteiger partial charge is 0.481 e. The Hall–Kier alpha value is -1.57. The molecule has 1 N–H and O–H groups in total. The Labute approximate surface area is 122 Å². The second-order valence-electron chi connectivity index (χ2n) is 5.41. The van der Waals surface area contributed by atoms with Crippen LogP contribution in [0.2, 0.25) is 0 Å². The van der Waals surface area contributed by atoms with Gasteiger partial charge in [0.05, 0.1) is 0 Å². The number of carbonyl (C=O) groups is 1. The van der Waals surface area contributed by atoms with E-state index in [4.69, 9.17) is 5.11 Å². The lowest BCUT2D eigenvalue weighted by Gasteiger charge is -2.04. The third-order valence-electron chi connectivity index (χ3n) is 3.59. The molecule has 110 valence electrons. The van der Waals surface area contributed by atoms with Crippen molar-refractivity contribution in [2.75, 3.05) is 0 Å². The van der Waals surface area contributed by atoms with Crippen molar-refractivity contribution in [3.63, 3.8) is 0 Å². The molecule has 0 saturated carbocycles. The van der Waals surface area contributed by atoms with Crippen molar-refractivity contribution < 1.29 is 9.90 Å². The summed E-state index contributed by atoms with van der Waals surface area (Å²) in [5.41, 5.74) is 4.00. The maximum absolute atomic E-state index is 10.4. The fourth-order valence-corrected chi connectivity index (χ4v) is 2.36. The fraction of sp³-hybridized carbons (Fsp3) is 0.500. The van der Waals surface area contributed by atoms with Crippen LogP contribution in [0.15, 0.2) is 24.3 Å². The zero-order valence-electron chi connectivity index (χ0n) is 12.7. The summed E-state index contributed by atoms with van der Waals surface area (Å²) >= 11 is 0. The quantitative estimate of drug-likeness (QED) is 0.634. The van der Waals surface area contributed by atoms with Gasteiger partial charge in [-0.05, 0) is 49.8 Å². The molecule has 2 heteroatoms. The highest BCUT2D eigenvalue weighted by atomic mass is 16.4. The summed E-state index contributed by atoms with van der Waals surface area (Å²) in [7, 11) is 0. The van der Waals surface area contributed by atoms with E-state index in [2.05, 4.69) is 44.2 Å². The lowest BCUT2D eigenvalue weighted by atomic mass is 10.0. The van der Waals surface area contributed by atoms with Gasteiger partial charge in [0.15, 0.2) is 0 Å². The minimum absolute atomic E-state index is 0.312. The lowest BCUT2D eigenvalue weighted by molar-refractivity contribution is -0.137. The summed E-state index contributed by atoms with van der Waals surface area (Å²) in [6.45, 7) is 4.30. The molecule has 1 aromatic carbocycles. The molecular formula is C18H26O2. The topological polar surface area (TPSA) is 37.3 Å². The normalized spacial score (nSPS) is 11.1. The SMILES string of the molecule is Cc1cccc(C)c1C=CCCCCCCCC(=O)O. The maximum atomic E-state index is 10.4. The first kappa shape index (κ1) is 16.5. The number of rotatable bonds is 9. The predicted octanol–water partition coefficient (Wildman–Crippen LogP) is 5.13. The van der Waals surface area contributed by atoms with Crippen molar-refractivity contribution >= 4 is 12.0 Å². The smallest absolute Gasteiger partial charge is 0.303 e. The molecule has 0 radical (unpaired) electrons. The Morgan fingerprint density at radius 1 is 1.05 bits per heavy atom. The van der Waals surface area contributed by atoms with Crippen molar-refractivity contribution in [2.24, 2.45) is 0 Å². The van der Waals surface area contributed by atoms with Gasteiger partial charge in [-0.15, -0.1) is 0 Å². The molecule has 0 unspecified atom stereocenters. The van der Waals surface area contributed by atoms with Crippen molar-refractivity contribution in [1.29, 1.82) is 0 Å². The summed E-state index contributed by atoms with van der Waals surface area (Å²) in [4.78, 5) is 10.4. The number of unbranched alkanes of at least 4 members (excludes halogenated alkanes) is 5. The van der Waals surface area contributed by atoms with E-state index < -0.39 is 5.97 Å². The molecule has 0 bridgehead atoms. The first-order valence-electron chi connectivity index (χ1n) is 7.56. The highest BCUT2D eigenvalue weighted by Gasteiger charge is 1.97. The number of allylic oxidation sites excluding steroid dienone is 1. The molecule has 2 nitrogen and oxygen atoms in total. The Morgan fingerprint density at radius 2 is 1.65 bits per heavy atom. The Kier molecular flexibility index (Phi) is 7.71. The molecule has 0 heterocycles. The average Bonchev–Trinajstić information content (AvgIpc) is 2.39. The monoisotopic (exact) mass is 274 g/mol. The van der Waals surface area contributed by atoms with Crippen molar-refractivity contribution in [3.8, 4) is 0 Å². The minimum Gasteiger partial charge on any atom is -0.481 e. The summed E-state index contributed by atoms with van der Waals surface area (Å²) in [5, 5.41) is 8.53. The molecule has 0 aliphatic rings. The van der Waals surface area contributed by atoms with E-state index in [1.54, 1.807) is 0 Å². The first-order chi connectivity index (χ1) is 9.61. The van der Waals surface area contributed by atoms with E-state index in [1.807, 2.05) is 0 Å². The third kappa shape index (κ3) is 6.55. The van der Waals surface area contributed by atoms with Gasteiger partial charge in [-0.1, -0.05) is 49.6 Å². The summed E-state index contributed by atoms with van der Waals surface area (Å²) < 4.78 is 0. The van der Waals surface area contributed by atoms with Crippen LogP contribution in [0, 0.1) is 13.8 Å². The highest BCUT2D eigenvalue weighted by Crippen LogP contribution is 2.16. The van der Waals surface area contributed by atoms with Crippen molar-refractivity contribution in [1.82, 2.24) is 0 Å². The summed E-state index contributed by atoms with van der Waals surface area (Å²) in [6.07, 6.45) is 11.3. The molecule has 0 atom stereocenters. The number of carboxylic acid groups (broad SMARTS) is 1. The van der Waals surface area contributed by atoms with Crippen LogP contribution in [-0.2, 0) is 4.79 Å². The Balaban J connectivity index is 2.15. The summed E-state index contributed by atoms with van der Waals surface area (Å²) in [5.74, 6) is -0.679. The van der Waals surface area contributed by atoms with Gasteiger partial charge in [0.2, 0.25) is 0 Å². The van der Waals surface area contributed by atoms with Gasteiger partial charge in [0, 0.05) is 6.42 Å². The van der Waals surface area contributed by atoms with Gasteiger partial charge in [0.25, 0.3) is 0 Å².